The van der Waals surface area contributed by atoms with Crippen LogP contribution in [0.3, 0.4) is 0 Å². The zero-order valence-corrected chi connectivity index (χ0v) is 11.0. The van der Waals surface area contributed by atoms with E-state index in [0.717, 1.165) is 37.8 Å². The van der Waals surface area contributed by atoms with Crippen LogP contribution in [0.2, 0.25) is 0 Å². The first-order valence-corrected chi connectivity index (χ1v) is 6.33. The fraction of sp³-hybridized carbons (Fsp3) is 0.692. The Bertz CT molecular complexity index is 347. The fourth-order valence-corrected chi connectivity index (χ4v) is 1.88. The molecule has 17 heavy (non-hydrogen) atoms. The zero-order chi connectivity index (χ0) is 12.7. The predicted octanol–water partition coefficient (Wildman–Crippen LogP) is 2.74. The number of esters is 1. The van der Waals surface area contributed by atoms with Gasteiger partial charge < -0.3 is 4.74 Å². The molecule has 1 rings (SSSR count). The van der Waals surface area contributed by atoms with Gasteiger partial charge in [-0.05, 0) is 12.8 Å². The lowest BCUT2D eigenvalue weighted by atomic mass is 9.96. The lowest BCUT2D eigenvalue weighted by Gasteiger charge is -2.11. The van der Waals surface area contributed by atoms with Crippen molar-refractivity contribution in [2.45, 2.75) is 52.0 Å². The Balaban J connectivity index is 2.76. The van der Waals surface area contributed by atoms with Gasteiger partial charge in [0.2, 0.25) is 0 Å². The number of hydrogen-bond donors (Lipinski definition) is 0. The van der Waals surface area contributed by atoms with Gasteiger partial charge in [0.1, 0.15) is 0 Å². The SMILES string of the molecule is CCCCC(C(=O)OC)c1cnn(CCC)c1. The van der Waals surface area contributed by atoms with Gasteiger partial charge in [0.05, 0.1) is 19.2 Å². The number of aromatic nitrogens is 2. The largest absolute Gasteiger partial charge is 0.469 e. The van der Waals surface area contributed by atoms with Crippen LogP contribution in [0.25, 0.3) is 0 Å². The van der Waals surface area contributed by atoms with Gasteiger partial charge in [0, 0.05) is 18.3 Å². The number of carbonyl (C=O) groups is 1. The van der Waals surface area contributed by atoms with E-state index < -0.39 is 0 Å². The Morgan fingerprint density at radius 1 is 1.47 bits per heavy atom. The van der Waals surface area contributed by atoms with Crippen molar-refractivity contribution in [1.82, 2.24) is 9.78 Å². The van der Waals surface area contributed by atoms with E-state index >= 15 is 0 Å². The fourth-order valence-electron chi connectivity index (χ4n) is 1.88. The molecule has 0 fully saturated rings. The first-order chi connectivity index (χ1) is 8.22. The van der Waals surface area contributed by atoms with Gasteiger partial charge >= 0.3 is 5.97 Å². The van der Waals surface area contributed by atoms with Gasteiger partial charge in [-0.25, -0.2) is 0 Å². The summed E-state index contributed by atoms with van der Waals surface area (Å²) in [4.78, 5) is 11.7. The molecular formula is C13H22N2O2. The highest BCUT2D eigenvalue weighted by atomic mass is 16.5. The molecule has 1 aromatic rings. The van der Waals surface area contributed by atoms with Crippen LogP contribution in [0.15, 0.2) is 12.4 Å². The van der Waals surface area contributed by atoms with E-state index in [-0.39, 0.29) is 11.9 Å². The molecule has 0 amide bonds. The number of aryl methyl sites for hydroxylation is 1. The molecule has 0 N–H and O–H groups in total. The molecule has 0 saturated heterocycles. The van der Waals surface area contributed by atoms with Gasteiger partial charge in [-0.2, -0.15) is 5.10 Å². The monoisotopic (exact) mass is 238 g/mol. The molecule has 0 aliphatic heterocycles. The number of methoxy groups -OCH3 is 1. The molecule has 0 bridgehead atoms. The van der Waals surface area contributed by atoms with E-state index in [0.29, 0.717) is 0 Å². The third-order valence-electron chi connectivity index (χ3n) is 2.84. The van der Waals surface area contributed by atoms with Crippen molar-refractivity contribution in [2.24, 2.45) is 0 Å². The number of hydrogen-bond acceptors (Lipinski definition) is 3. The lowest BCUT2D eigenvalue weighted by Crippen LogP contribution is -2.13. The summed E-state index contributed by atoms with van der Waals surface area (Å²) in [6.45, 7) is 5.12. The minimum atomic E-state index is -0.162. The highest BCUT2D eigenvalue weighted by molar-refractivity contribution is 5.77. The predicted molar refractivity (Wildman–Crippen MR) is 66.8 cm³/mol. The summed E-state index contributed by atoms with van der Waals surface area (Å²) in [5.41, 5.74) is 0.971. The maximum Gasteiger partial charge on any atom is 0.313 e. The molecule has 0 saturated carbocycles. The topological polar surface area (TPSA) is 44.1 Å². The molecule has 0 aromatic carbocycles. The third kappa shape index (κ3) is 3.88. The van der Waals surface area contributed by atoms with Crippen LogP contribution >= 0.6 is 0 Å². The summed E-state index contributed by atoms with van der Waals surface area (Å²) < 4.78 is 6.74. The van der Waals surface area contributed by atoms with E-state index in [1.807, 2.05) is 10.9 Å². The van der Waals surface area contributed by atoms with Gasteiger partial charge in [0.25, 0.3) is 0 Å². The third-order valence-corrected chi connectivity index (χ3v) is 2.84. The van der Waals surface area contributed by atoms with E-state index in [1.54, 1.807) is 6.20 Å². The molecule has 96 valence electrons. The Labute approximate surface area is 103 Å². The summed E-state index contributed by atoms with van der Waals surface area (Å²) in [7, 11) is 1.44. The van der Waals surface area contributed by atoms with Crippen molar-refractivity contribution >= 4 is 5.97 Å². The van der Waals surface area contributed by atoms with Crippen LogP contribution in [0, 0.1) is 0 Å². The molecule has 4 nitrogen and oxygen atoms in total. The molecule has 0 aliphatic rings. The van der Waals surface area contributed by atoms with E-state index in [2.05, 4.69) is 18.9 Å². The average molecular weight is 238 g/mol. The van der Waals surface area contributed by atoms with Gasteiger partial charge in [-0.15, -0.1) is 0 Å². The molecule has 1 aromatic heterocycles. The summed E-state index contributed by atoms with van der Waals surface area (Å²) in [5.74, 6) is -0.319. The van der Waals surface area contributed by atoms with Crippen molar-refractivity contribution in [2.75, 3.05) is 7.11 Å². The van der Waals surface area contributed by atoms with Crippen molar-refractivity contribution in [3.05, 3.63) is 18.0 Å². The van der Waals surface area contributed by atoms with Crippen molar-refractivity contribution < 1.29 is 9.53 Å². The summed E-state index contributed by atoms with van der Waals surface area (Å²) in [6, 6.07) is 0. The molecule has 0 spiro atoms. The van der Waals surface area contributed by atoms with Gasteiger partial charge in [0.15, 0.2) is 0 Å². The van der Waals surface area contributed by atoms with Crippen molar-refractivity contribution in [3.8, 4) is 0 Å². The Morgan fingerprint density at radius 2 is 2.24 bits per heavy atom. The number of ether oxygens (including phenoxy) is 1. The van der Waals surface area contributed by atoms with E-state index in [1.165, 1.54) is 7.11 Å². The number of rotatable bonds is 7. The molecule has 0 radical (unpaired) electrons. The maximum absolute atomic E-state index is 11.7. The number of carbonyl (C=O) groups excluding carboxylic acids is 1. The van der Waals surface area contributed by atoms with Crippen LogP contribution in [-0.2, 0) is 16.1 Å². The van der Waals surface area contributed by atoms with Gasteiger partial charge in [-0.3, -0.25) is 9.48 Å². The Morgan fingerprint density at radius 3 is 2.82 bits per heavy atom. The maximum atomic E-state index is 11.7. The molecule has 4 heteroatoms. The van der Waals surface area contributed by atoms with Crippen LogP contribution in [-0.4, -0.2) is 22.9 Å². The Kier molecular flexibility index (Phi) is 5.73. The lowest BCUT2D eigenvalue weighted by molar-refractivity contribution is -0.142. The minimum absolute atomic E-state index is 0.158. The second kappa shape index (κ2) is 7.09. The Hall–Kier alpha value is -1.32. The zero-order valence-electron chi connectivity index (χ0n) is 11.0. The van der Waals surface area contributed by atoms with Crippen LogP contribution in [0.5, 0.6) is 0 Å². The smallest absolute Gasteiger partial charge is 0.313 e. The van der Waals surface area contributed by atoms with Crippen molar-refractivity contribution in [1.29, 1.82) is 0 Å². The van der Waals surface area contributed by atoms with Crippen molar-refractivity contribution in [3.63, 3.8) is 0 Å². The first kappa shape index (κ1) is 13.7. The molecule has 1 atom stereocenters. The molecular weight excluding hydrogens is 216 g/mol. The molecule has 1 unspecified atom stereocenters. The van der Waals surface area contributed by atoms with Gasteiger partial charge in [-0.1, -0.05) is 26.7 Å². The summed E-state index contributed by atoms with van der Waals surface area (Å²) in [6.07, 6.45) is 7.73. The highest BCUT2D eigenvalue weighted by Crippen LogP contribution is 2.23. The summed E-state index contributed by atoms with van der Waals surface area (Å²) in [5, 5.41) is 4.26. The van der Waals surface area contributed by atoms with Crippen LogP contribution < -0.4 is 0 Å². The molecule has 1 heterocycles. The first-order valence-electron chi connectivity index (χ1n) is 6.33. The average Bonchev–Trinajstić information content (AvgIpc) is 2.78. The summed E-state index contributed by atoms with van der Waals surface area (Å²) >= 11 is 0. The molecule has 0 aliphatic carbocycles. The van der Waals surface area contributed by atoms with Crippen LogP contribution in [0.4, 0.5) is 0 Å². The second-order valence-electron chi connectivity index (χ2n) is 4.25. The number of unbranched alkanes of at least 4 members (excludes halogenated alkanes) is 1. The number of nitrogens with zero attached hydrogens (tertiary/aromatic N) is 2. The van der Waals surface area contributed by atoms with E-state index in [4.69, 9.17) is 4.74 Å². The van der Waals surface area contributed by atoms with Crippen LogP contribution in [0.1, 0.15) is 51.0 Å². The van der Waals surface area contributed by atoms with E-state index in [9.17, 15) is 4.79 Å². The normalized spacial score (nSPS) is 12.4. The second-order valence-corrected chi connectivity index (χ2v) is 4.25. The standard InChI is InChI=1S/C13H22N2O2/c1-4-6-7-12(13(16)17-3)11-9-14-15(10-11)8-5-2/h9-10,12H,4-8H2,1-3H3. The quantitative estimate of drug-likeness (QED) is 0.686. The highest BCUT2D eigenvalue weighted by Gasteiger charge is 2.22. The minimum Gasteiger partial charge on any atom is -0.469 e.